The van der Waals surface area contributed by atoms with E-state index in [9.17, 15) is 18.6 Å². The van der Waals surface area contributed by atoms with Gasteiger partial charge in [-0.1, -0.05) is 0 Å². The van der Waals surface area contributed by atoms with Gasteiger partial charge < -0.3 is 29.2 Å². The molecule has 10 nitrogen and oxygen atoms in total. The quantitative estimate of drug-likeness (QED) is 0.401. The second kappa shape index (κ2) is 13.5. The molecule has 37 heavy (non-hydrogen) atoms. The predicted molar refractivity (Wildman–Crippen MR) is 136 cm³/mol. The Hall–Kier alpha value is -2.25. The Morgan fingerprint density at radius 3 is 1.38 bits per heavy atom. The van der Waals surface area contributed by atoms with Crippen molar-refractivity contribution in [2.24, 2.45) is 0 Å². The average Bonchev–Trinajstić information content (AvgIpc) is 2.92. The molecule has 2 atom stereocenters. The van der Waals surface area contributed by atoms with E-state index < -0.39 is 22.0 Å². The first-order valence-electron chi connectivity index (χ1n) is 12.6. The fourth-order valence-electron chi connectivity index (χ4n) is 4.22. The fraction of sp³-hybridized carbons (Fsp3) is 0.538. The summed E-state index contributed by atoms with van der Waals surface area (Å²) >= 11 is 0. The van der Waals surface area contributed by atoms with Crippen LogP contribution in [0.15, 0.2) is 58.3 Å². The number of aliphatic hydroxyl groups excluding tert-OH is 2. The van der Waals surface area contributed by atoms with E-state index in [1.807, 2.05) is 0 Å². The highest BCUT2D eigenvalue weighted by molar-refractivity contribution is 7.91. The summed E-state index contributed by atoms with van der Waals surface area (Å²) in [5, 5.41) is 20.5. The van der Waals surface area contributed by atoms with Crippen LogP contribution in [0.3, 0.4) is 0 Å². The van der Waals surface area contributed by atoms with Gasteiger partial charge >= 0.3 is 0 Å². The van der Waals surface area contributed by atoms with Crippen molar-refractivity contribution < 1.29 is 37.6 Å². The van der Waals surface area contributed by atoms with Crippen LogP contribution in [-0.2, 0) is 19.3 Å². The van der Waals surface area contributed by atoms with Crippen molar-refractivity contribution in [2.45, 2.75) is 22.0 Å². The zero-order valence-electron chi connectivity index (χ0n) is 20.9. The maximum absolute atomic E-state index is 13.0. The minimum absolute atomic E-state index is 0.117. The molecular formula is C26H36N2O8S. The lowest BCUT2D eigenvalue weighted by atomic mass is 10.3. The zero-order valence-corrected chi connectivity index (χ0v) is 21.7. The Morgan fingerprint density at radius 2 is 1.03 bits per heavy atom. The highest BCUT2D eigenvalue weighted by Crippen LogP contribution is 2.25. The lowest BCUT2D eigenvalue weighted by Gasteiger charge is -2.28. The number of nitrogens with zero attached hydrogens (tertiary/aromatic N) is 2. The van der Waals surface area contributed by atoms with Gasteiger partial charge in [-0.3, -0.25) is 9.80 Å². The Morgan fingerprint density at radius 1 is 0.676 bits per heavy atom. The Balaban J connectivity index is 1.25. The number of aliphatic hydroxyl groups is 2. The maximum Gasteiger partial charge on any atom is 0.206 e. The number of hydrogen-bond donors (Lipinski definition) is 2. The molecule has 2 aromatic carbocycles. The number of ether oxygens (including phenoxy) is 4. The maximum atomic E-state index is 13.0. The van der Waals surface area contributed by atoms with Gasteiger partial charge in [-0.2, -0.15) is 0 Å². The molecule has 0 saturated carbocycles. The third-order valence-corrected chi connectivity index (χ3v) is 8.08. The van der Waals surface area contributed by atoms with Crippen LogP contribution in [-0.4, -0.2) is 120 Å². The van der Waals surface area contributed by atoms with Crippen molar-refractivity contribution in [2.75, 3.05) is 78.9 Å². The summed E-state index contributed by atoms with van der Waals surface area (Å²) in [5.41, 5.74) is 0. The largest absolute Gasteiger partial charge is 0.491 e. The molecule has 4 rings (SSSR count). The van der Waals surface area contributed by atoms with Crippen molar-refractivity contribution in [1.82, 2.24) is 9.80 Å². The minimum atomic E-state index is -3.72. The van der Waals surface area contributed by atoms with E-state index in [2.05, 4.69) is 9.80 Å². The highest BCUT2D eigenvalue weighted by Gasteiger charge is 2.19. The molecule has 2 aromatic rings. The van der Waals surface area contributed by atoms with Crippen LogP contribution in [0.1, 0.15) is 0 Å². The van der Waals surface area contributed by atoms with Gasteiger partial charge in [0.1, 0.15) is 36.9 Å². The second-order valence-corrected chi connectivity index (χ2v) is 11.2. The van der Waals surface area contributed by atoms with Crippen molar-refractivity contribution >= 4 is 9.84 Å². The molecule has 0 spiro atoms. The first kappa shape index (κ1) is 27.8. The van der Waals surface area contributed by atoms with E-state index >= 15 is 0 Å². The molecule has 2 heterocycles. The molecule has 2 N–H and O–H groups in total. The van der Waals surface area contributed by atoms with Gasteiger partial charge in [0, 0.05) is 39.3 Å². The summed E-state index contributed by atoms with van der Waals surface area (Å²) < 4.78 is 48.0. The van der Waals surface area contributed by atoms with E-state index in [0.717, 1.165) is 26.2 Å². The molecule has 0 radical (unpaired) electrons. The third kappa shape index (κ3) is 8.37. The molecule has 11 heteroatoms. The fourth-order valence-corrected chi connectivity index (χ4v) is 5.48. The van der Waals surface area contributed by atoms with Gasteiger partial charge in [0.25, 0.3) is 0 Å². The molecule has 0 amide bonds. The average molecular weight is 537 g/mol. The number of rotatable bonds is 12. The lowest BCUT2D eigenvalue weighted by Crippen LogP contribution is -2.42. The van der Waals surface area contributed by atoms with Crippen LogP contribution in [0.4, 0.5) is 0 Å². The van der Waals surface area contributed by atoms with E-state index in [0.29, 0.717) is 51.0 Å². The number of morpholine rings is 2. The Labute approximate surface area is 218 Å². The second-order valence-electron chi connectivity index (χ2n) is 9.20. The van der Waals surface area contributed by atoms with E-state index in [4.69, 9.17) is 18.9 Å². The van der Waals surface area contributed by atoms with Gasteiger partial charge in [-0.25, -0.2) is 8.42 Å². The van der Waals surface area contributed by atoms with Gasteiger partial charge in [0.2, 0.25) is 9.84 Å². The SMILES string of the molecule is O=S(=O)(c1ccc(OCC(O)CN2CCOCC2)cc1)c1ccc(OCC(O)CN2CCOCC2)cc1. The molecule has 2 aliphatic heterocycles. The number of hydrogen-bond acceptors (Lipinski definition) is 10. The van der Waals surface area contributed by atoms with Crippen molar-refractivity contribution in [3.63, 3.8) is 0 Å². The monoisotopic (exact) mass is 536 g/mol. The Kier molecular flexibility index (Phi) is 10.1. The van der Waals surface area contributed by atoms with Crippen LogP contribution in [0.5, 0.6) is 11.5 Å². The van der Waals surface area contributed by atoms with Gasteiger partial charge in [0.15, 0.2) is 0 Å². The summed E-state index contributed by atoms with van der Waals surface area (Å²) in [5.74, 6) is 0.971. The molecule has 0 aromatic heterocycles. The van der Waals surface area contributed by atoms with Crippen LogP contribution in [0.2, 0.25) is 0 Å². The van der Waals surface area contributed by atoms with E-state index in [1.165, 1.54) is 24.3 Å². The lowest BCUT2D eigenvalue weighted by molar-refractivity contribution is 0.00452. The third-order valence-electron chi connectivity index (χ3n) is 6.30. The summed E-state index contributed by atoms with van der Waals surface area (Å²) in [6.07, 6.45) is -1.30. The van der Waals surface area contributed by atoms with Crippen molar-refractivity contribution in [3.8, 4) is 11.5 Å². The normalized spacial score (nSPS) is 19.3. The van der Waals surface area contributed by atoms with Crippen molar-refractivity contribution in [1.29, 1.82) is 0 Å². The standard InChI is InChI=1S/C26H36N2O8S/c29-21(17-27-9-13-33-14-10-27)19-35-23-1-5-25(6-2-23)37(31,32)26-7-3-24(4-8-26)36-20-22(30)18-28-11-15-34-16-12-28/h1-8,21-22,29-30H,9-20H2. The summed E-state index contributed by atoms with van der Waals surface area (Å²) in [6.45, 7) is 7.04. The van der Waals surface area contributed by atoms with Crippen LogP contribution < -0.4 is 9.47 Å². The first-order chi connectivity index (χ1) is 17.9. The molecule has 0 aliphatic carbocycles. The van der Waals surface area contributed by atoms with Gasteiger partial charge in [0.05, 0.1) is 36.2 Å². The first-order valence-corrected chi connectivity index (χ1v) is 14.1. The Bertz CT molecular complexity index is 973. The molecule has 2 aliphatic rings. The molecule has 2 unspecified atom stereocenters. The predicted octanol–water partition coefficient (Wildman–Crippen LogP) is 0.663. The van der Waals surface area contributed by atoms with Crippen molar-refractivity contribution in [3.05, 3.63) is 48.5 Å². The van der Waals surface area contributed by atoms with Crippen LogP contribution >= 0.6 is 0 Å². The summed E-state index contributed by atoms with van der Waals surface area (Å²) in [7, 11) is -3.72. The van der Waals surface area contributed by atoms with E-state index in [1.54, 1.807) is 24.3 Å². The van der Waals surface area contributed by atoms with Gasteiger partial charge in [-0.05, 0) is 48.5 Å². The topological polar surface area (TPSA) is 118 Å². The molecule has 2 saturated heterocycles. The van der Waals surface area contributed by atoms with Crippen LogP contribution in [0.25, 0.3) is 0 Å². The minimum Gasteiger partial charge on any atom is -0.491 e. The highest BCUT2D eigenvalue weighted by atomic mass is 32.2. The van der Waals surface area contributed by atoms with Crippen LogP contribution in [0, 0.1) is 0 Å². The zero-order chi connectivity index (χ0) is 26.1. The molecular weight excluding hydrogens is 500 g/mol. The smallest absolute Gasteiger partial charge is 0.206 e. The van der Waals surface area contributed by atoms with E-state index in [-0.39, 0.29) is 23.0 Å². The number of sulfone groups is 1. The number of β-amino-alcohol motifs (C(OH)–C–C–N with tert-alkyl or cyclic N) is 2. The molecule has 204 valence electrons. The van der Waals surface area contributed by atoms with Gasteiger partial charge in [-0.15, -0.1) is 0 Å². The molecule has 2 fully saturated rings. The molecule has 0 bridgehead atoms. The number of benzene rings is 2. The summed E-state index contributed by atoms with van der Waals surface area (Å²) in [4.78, 5) is 4.53. The summed E-state index contributed by atoms with van der Waals surface area (Å²) in [6, 6.07) is 12.3.